The highest BCUT2D eigenvalue weighted by atomic mass is 16.6. The molecular formula is C28H54O7. The summed E-state index contributed by atoms with van der Waals surface area (Å²) in [4.78, 5) is 11.9. The number of esters is 1. The maximum absolute atomic E-state index is 11.9. The molecule has 0 spiro atoms. The first-order valence-electron chi connectivity index (χ1n) is 14.5. The highest BCUT2D eigenvalue weighted by molar-refractivity contribution is 5.69. The molecule has 1 fully saturated rings. The van der Waals surface area contributed by atoms with Gasteiger partial charge in [-0.3, -0.25) is 4.79 Å². The molecule has 0 radical (unpaired) electrons. The molecule has 1 saturated heterocycles. The summed E-state index contributed by atoms with van der Waals surface area (Å²) in [6, 6.07) is 0. The second-order valence-electron chi connectivity index (χ2n) is 10.3. The van der Waals surface area contributed by atoms with Crippen LogP contribution in [-0.2, 0) is 14.3 Å². The van der Waals surface area contributed by atoms with Crippen molar-refractivity contribution >= 4 is 5.97 Å². The maximum atomic E-state index is 11.9. The normalized spacial score (nSPS) is 24.5. The molecule has 0 amide bonds. The van der Waals surface area contributed by atoms with Crippen molar-refractivity contribution < 1.29 is 34.7 Å². The molecule has 7 nitrogen and oxygen atoms in total. The Balaban J connectivity index is 1.82. The van der Waals surface area contributed by atoms with Crippen LogP contribution >= 0.6 is 0 Å². The van der Waals surface area contributed by atoms with Gasteiger partial charge in [-0.25, -0.2) is 0 Å². The van der Waals surface area contributed by atoms with Gasteiger partial charge in [0.2, 0.25) is 0 Å². The first kappa shape index (κ1) is 32.3. The predicted molar refractivity (Wildman–Crippen MR) is 138 cm³/mol. The van der Waals surface area contributed by atoms with E-state index in [1.807, 2.05) is 0 Å². The molecule has 4 N–H and O–H groups in total. The highest BCUT2D eigenvalue weighted by Crippen LogP contribution is 2.20. The Bertz CT molecular complexity index is 502. The van der Waals surface area contributed by atoms with Gasteiger partial charge in [-0.1, -0.05) is 122 Å². The largest absolute Gasteiger partial charge is 0.463 e. The fraction of sp³-hybridized carbons (Fsp3) is 0.964. The van der Waals surface area contributed by atoms with E-state index in [1.165, 1.54) is 103 Å². The van der Waals surface area contributed by atoms with Gasteiger partial charge in [-0.2, -0.15) is 0 Å². The smallest absolute Gasteiger partial charge is 0.305 e. The first-order valence-corrected chi connectivity index (χ1v) is 14.5. The zero-order chi connectivity index (χ0) is 25.7. The van der Waals surface area contributed by atoms with Crippen molar-refractivity contribution in [2.45, 2.75) is 166 Å². The lowest BCUT2D eigenvalue weighted by atomic mass is 9.99. The predicted octanol–water partition coefficient (Wildman–Crippen LogP) is 5.15. The van der Waals surface area contributed by atoms with E-state index in [2.05, 4.69) is 6.92 Å². The van der Waals surface area contributed by atoms with Crippen LogP contribution in [0.5, 0.6) is 0 Å². The van der Waals surface area contributed by atoms with Crippen molar-refractivity contribution in [2.24, 2.45) is 0 Å². The Morgan fingerprint density at radius 1 is 0.600 bits per heavy atom. The van der Waals surface area contributed by atoms with E-state index in [0.29, 0.717) is 6.42 Å². The molecule has 1 rings (SSSR count). The number of aliphatic hydroxyl groups excluding tert-OH is 4. The van der Waals surface area contributed by atoms with Crippen LogP contribution in [0.4, 0.5) is 0 Å². The number of hydrogen-bond acceptors (Lipinski definition) is 7. The first-order chi connectivity index (χ1) is 17.0. The average Bonchev–Trinajstić information content (AvgIpc) is 2.85. The minimum Gasteiger partial charge on any atom is -0.463 e. The molecule has 0 aromatic carbocycles. The number of ether oxygens (including phenoxy) is 2. The van der Waals surface area contributed by atoms with Gasteiger partial charge in [-0.15, -0.1) is 0 Å². The number of rotatable bonds is 22. The van der Waals surface area contributed by atoms with Crippen LogP contribution in [0.3, 0.4) is 0 Å². The van der Waals surface area contributed by atoms with Gasteiger partial charge in [-0.05, 0) is 6.42 Å². The molecule has 0 aromatic heterocycles. The minimum absolute atomic E-state index is 0.264. The lowest BCUT2D eigenvalue weighted by Gasteiger charge is -2.37. The van der Waals surface area contributed by atoms with Gasteiger partial charge < -0.3 is 29.9 Å². The van der Waals surface area contributed by atoms with E-state index in [-0.39, 0.29) is 12.6 Å². The van der Waals surface area contributed by atoms with Gasteiger partial charge in [0.15, 0.2) is 6.29 Å². The summed E-state index contributed by atoms with van der Waals surface area (Å²) in [5.74, 6) is -0.386. The molecule has 5 atom stereocenters. The standard InChI is InChI=1S/C28H54O7/c1-2-3-4-5-6-7-8-9-10-11-12-13-14-15-16-17-18-19-20-21-24(29)34-22-23-25(30)26(31)27(32)28(33)35-23/h23,25-28,30-33H,2-22H2,1H3/t23-,25-,26+,27-,28?/m1/s1. The summed E-state index contributed by atoms with van der Waals surface area (Å²) in [5, 5.41) is 38.4. The fourth-order valence-corrected chi connectivity index (χ4v) is 4.66. The molecule has 0 bridgehead atoms. The number of hydrogen-bond donors (Lipinski definition) is 4. The third-order valence-electron chi connectivity index (χ3n) is 7.08. The average molecular weight is 503 g/mol. The summed E-state index contributed by atoms with van der Waals surface area (Å²) >= 11 is 0. The molecule has 1 aliphatic heterocycles. The van der Waals surface area contributed by atoms with E-state index in [0.717, 1.165) is 19.3 Å². The van der Waals surface area contributed by atoms with Crippen LogP contribution in [0.15, 0.2) is 0 Å². The van der Waals surface area contributed by atoms with Crippen LogP contribution in [0.2, 0.25) is 0 Å². The lowest BCUT2D eigenvalue weighted by Crippen LogP contribution is -2.58. The number of aliphatic hydroxyl groups is 4. The Labute approximate surface area is 213 Å². The van der Waals surface area contributed by atoms with Crippen LogP contribution in [0.1, 0.15) is 135 Å². The van der Waals surface area contributed by atoms with Crippen molar-refractivity contribution in [3.63, 3.8) is 0 Å². The monoisotopic (exact) mass is 502 g/mol. The Morgan fingerprint density at radius 2 is 1.00 bits per heavy atom. The second-order valence-corrected chi connectivity index (χ2v) is 10.3. The van der Waals surface area contributed by atoms with Crippen molar-refractivity contribution in [2.75, 3.05) is 6.61 Å². The van der Waals surface area contributed by atoms with E-state index in [4.69, 9.17) is 9.47 Å². The summed E-state index contributed by atoms with van der Waals surface area (Å²) < 4.78 is 10.1. The summed E-state index contributed by atoms with van der Waals surface area (Å²) in [6.45, 7) is 2.01. The molecule has 7 heteroatoms. The number of carbonyl (C=O) groups excluding carboxylic acids is 1. The maximum Gasteiger partial charge on any atom is 0.305 e. The van der Waals surface area contributed by atoms with Crippen LogP contribution in [-0.4, -0.2) is 63.7 Å². The van der Waals surface area contributed by atoms with Gasteiger partial charge in [0.25, 0.3) is 0 Å². The van der Waals surface area contributed by atoms with E-state index >= 15 is 0 Å². The SMILES string of the molecule is CCCCCCCCCCCCCCCCCCCCCC(=O)OC[C@H]1OC(O)[C@H](O)[C@@H](O)[C@@H]1O. The molecule has 1 heterocycles. The quantitative estimate of drug-likeness (QED) is 0.119. The molecular weight excluding hydrogens is 448 g/mol. The highest BCUT2D eigenvalue weighted by Gasteiger charge is 2.43. The molecule has 208 valence electrons. The van der Waals surface area contributed by atoms with E-state index < -0.39 is 30.7 Å². The van der Waals surface area contributed by atoms with Crippen molar-refractivity contribution in [3.05, 3.63) is 0 Å². The van der Waals surface area contributed by atoms with E-state index in [9.17, 15) is 25.2 Å². The van der Waals surface area contributed by atoms with Gasteiger partial charge in [0, 0.05) is 6.42 Å². The van der Waals surface area contributed by atoms with Crippen LogP contribution in [0, 0.1) is 0 Å². The second kappa shape index (κ2) is 21.4. The third kappa shape index (κ3) is 15.9. The number of unbranched alkanes of at least 4 members (excludes halogenated alkanes) is 18. The van der Waals surface area contributed by atoms with Crippen molar-refractivity contribution in [3.8, 4) is 0 Å². The van der Waals surface area contributed by atoms with Crippen LogP contribution < -0.4 is 0 Å². The summed E-state index contributed by atoms with van der Waals surface area (Å²) in [6.07, 6.45) is 17.8. The Kier molecular flexibility index (Phi) is 19.7. The van der Waals surface area contributed by atoms with Gasteiger partial charge >= 0.3 is 5.97 Å². The topological polar surface area (TPSA) is 116 Å². The molecule has 0 saturated carbocycles. The lowest BCUT2D eigenvalue weighted by molar-refractivity contribution is -0.287. The van der Waals surface area contributed by atoms with Crippen molar-refractivity contribution in [1.82, 2.24) is 0 Å². The molecule has 35 heavy (non-hydrogen) atoms. The molecule has 1 unspecified atom stereocenters. The summed E-state index contributed by atoms with van der Waals surface area (Å²) in [5.41, 5.74) is 0. The molecule has 0 aromatic rings. The zero-order valence-electron chi connectivity index (χ0n) is 22.2. The van der Waals surface area contributed by atoms with Crippen LogP contribution in [0.25, 0.3) is 0 Å². The van der Waals surface area contributed by atoms with E-state index in [1.54, 1.807) is 0 Å². The molecule has 1 aliphatic rings. The Hall–Kier alpha value is -0.730. The Morgan fingerprint density at radius 3 is 1.43 bits per heavy atom. The fourth-order valence-electron chi connectivity index (χ4n) is 4.66. The number of carbonyl (C=O) groups is 1. The summed E-state index contributed by atoms with van der Waals surface area (Å²) in [7, 11) is 0. The van der Waals surface area contributed by atoms with Gasteiger partial charge in [0.05, 0.1) is 0 Å². The zero-order valence-corrected chi connectivity index (χ0v) is 22.2. The van der Waals surface area contributed by atoms with Crippen molar-refractivity contribution in [1.29, 1.82) is 0 Å². The van der Waals surface area contributed by atoms with Gasteiger partial charge in [0.1, 0.15) is 31.0 Å². The minimum atomic E-state index is -1.61. The third-order valence-corrected chi connectivity index (χ3v) is 7.08. The molecule has 0 aliphatic carbocycles.